The highest BCUT2D eigenvalue weighted by Gasteiger charge is 2.17. The third-order valence-electron chi connectivity index (χ3n) is 3.17. The van der Waals surface area contributed by atoms with E-state index in [0.717, 1.165) is 15.7 Å². The van der Waals surface area contributed by atoms with Gasteiger partial charge in [-0.3, -0.25) is 14.2 Å². The fraction of sp³-hybridized carbons (Fsp3) is 0.267. The van der Waals surface area contributed by atoms with Gasteiger partial charge in [0.15, 0.2) is 5.78 Å². The van der Waals surface area contributed by atoms with E-state index in [2.05, 4.69) is 0 Å². The molecule has 5 heteroatoms. The van der Waals surface area contributed by atoms with Crippen molar-refractivity contribution < 1.29 is 4.79 Å². The van der Waals surface area contributed by atoms with E-state index in [1.165, 1.54) is 24.9 Å². The maximum Gasteiger partial charge on any atom is 0.330 e. The SMILES string of the molecule is Cc1cc(C)cc(C(=O)c2cn(C)c(=O)n(C)c2=O)c1. The highest BCUT2D eigenvalue weighted by Crippen LogP contribution is 2.12. The van der Waals surface area contributed by atoms with Gasteiger partial charge in [0.05, 0.1) is 0 Å². The van der Waals surface area contributed by atoms with Gasteiger partial charge in [0.25, 0.3) is 5.56 Å². The first-order valence-corrected chi connectivity index (χ1v) is 6.21. The lowest BCUT2D eigenvalue weighted by Crippen LogP contribution is -2.39. The molecule has 2 aromatic rings. The van der Waals surface area contributed by atoms with E-state index < -0.39 is 11.2 Å². The summed E-state index contributed by atoms with van der Waals surface area (Å²) in [7, 11) is 2.88. The fourth-order valence-electron chi connectivity index (χ4n) is 2.23. The molecule has 0 bridgehead atoms. The number of nitrogens with zero attached hydrogens (tertiary/aromatic N) is 2. The third kappa shape index (κ3) is 2.34. The van der Waals surface area contributed by atoms with Crippen LogP contribution in [0.15, 0.2) is 34.0 Å². The summed E-state index contributed by atoms with van der Waals surface area (Å²) in [5, 5.41) is 0. The second-order valence-electron chi connectivity index (χ2n) is 5.01. The Bertz CT molecular complexity index is 793. The Morgan fingerprint density at radius 3 is 2.10 bits per heavy atom. The number of benzene rings is 1. The molecule has 1 aromatic heterocycles. The third-order valence-corrected chi connectivity index (χ3v) is 3.17. The smallest absolute Gasteiger partial charge is 0.303 e. The summed E-state index contributed by atoms with van der Waals surface area (Å²) in [5.41, 5.74) is 1.34. The van der Waals surface area contributed by atoms with Gasteiger partial charge in [0.2, 0.25) is 0 Å². The predicted molar refractivity (Wildman–Crippen MR) is 76.3 cm³/mol. The lowest BCUT2D eigenvalue weighted by molar-refractivity contribution is 0.103. The molecule has 0 saturated heterocycles. The highest BCUT2D eigenvalue weighted by atomic mass is 16.2. The Morgan fingerprint density at radius 2 is 1.55 bits per heavy atom. The van der Waals surface area contributed by atoms with Crippen LogP contribution in [-0.2, 0) is 14.1 Å². The van der Waals surface area contributed by atoms with E-state index in [0.29, 0.717) is 5.56 Å². The molecule has 0 N–H and O–H groups in total. The Kier molecular flexibility index (Phi) is 3.44. The van der Waals surface area contributed by atoms with Crippen molar-refractivity contribution in [1.82, 2.24) is 9.13 Å². The number of hydrogen-bond acceptors (Lipinski definition) is 3. The molecule has 0 aliphatic carbocycles. The summed E-state index contributed by atoms with van der Waals surface area (Å²) in [6.45, 7) is 3.78. The number of rotatable bonds is 2. The highest BCUT2D eigenvalue weighted by molar-refractivity contribution is 6.08. The van der Waals surface area contributed by atoms with Crippen molar-refractivity contribution in [2.45, 2.75) is 13.8 Å². The molecule has 2 rings (SSSR count). The fourth-order valence-corrected chi connectivity index (χ4v) is 2.23. The molecule has 0 spiro atoms. The zero-order valence-corrected chi connectivity index (χ0v) is 11.9. The van der Waals surface area contributed by atoms with Crippen LogP contribution in [0.25, 0.3) is 0 Å². The van der Waals surface area contributed by atoms with Gasteiger partial charge in [0, 0.05) is 25.9 Å². The van der Waals surface area contributed by atoms with E-state index in [1.54, 1.807) is 12.1 Å². The zero-order chi connectivity index (χ0) is 15.0. The lowest BCUT2D eigenvalue weighted by Gasteiger charge is -2.07. The number of aromatic nitrogens is 2. The zero-order valence-electron chi connectivity index (χ0n) is 11.9. The van der Waals surface area contributed by atoms with Crippen molar-refractivity contribution in [3.05, 3.63) is 67.5 Å². The van der Waals surface area contributed by atoms with Crippen molar-refractivity contribution in [3.8, 4) is 0 Å². The molecule has 1 aromatic carbocycles. The molecule has 1 heterocycles. The van der Waals surface area contributed by atoms with Crippen molar-refractivity contribution >= 4 is 5.78 Å². The first-order chi connectivity index (χ1) is 9.31. The van der Waals surface area contributed by atoms with Crippen LogP contribution in [0.5, 0.6) is 0 Å². The molecule has 104 valence electrons. The summed E-state index contributed by atoms with van der Waals surface area (Å²) in [5.74, 6) is -0.368. The van der Waals surface area contributed by atoms with Crippen molar-refractivity contribution in [2.24, 2.45) is 14.1 Å². The molecule has 0 amide bonds. The van der Waals surface area contributed by atoms with E-state index in [9.17, 15) is 14.4 Å². The molecule has 0 unspecified atom stereocenters. The molecule has 5 nitrogen and oxygen atoms in total. The van der Waals surface area contributed by atoms with Crippen LogP contribution >= 0.6 is 0 Å². The quantitative estimate of drug-likeness (QED) is 0.764. The minimum atomic E-state index is -0.572. The van der Waals surface area contributed by atoms with Gasteiger partial charge in [-0.05, 0) is 26.0 Å². The summed E-state index contributed by atoms with van der Waals surface area (Å²) < 4.78 is 2.17. The van der Waals surface area contributed by atoms with E-state index in [-0.39, 0.29) is 11.3 Å². The van der Waals surface area contributed by atoms with Gasteiger partial charge in [-0.25, -0.2) is 4.79 Å². The molecular weight excluding hydrogens is 256 g/mol. The molecule has 0 saturated carbocycles. The Morgan fingerprint density at radius 1 is 1.00 bits per heavy atom. The van der Waals surface area contributed by atoms with Gasteiger partial charge in [-0.2, -0.15) is 0 Å². The number of aryl methyl sites for hydroxylation is 3. The molecule has 0 radical (unpaired) electrons. The van der Waals surface area contributed by atoms with Crippen LogP contribution in [0.2, 0.25) is 0 Å². The normalized spacial score (nSPS) is 10.6. The van der Waals surface area contributed by atoms with Crippen LogP contribution in [0, 0.1) is 13.8 Å². The van der Waals surface area contributed by atoms with Crippen LogP contribution in [0.1, 0.15) is 27.0 Å². The van der Waals surface area contributed by atoms with Crippen molar-refractivity contribution in [3.63, 3.8) is 0 Å². The minimum absolute atomic E-state index is 0.000370. The largest absolute Gasteiger partial charge is 0.330 e. The average molecular weight is 272 g/mol. The van der Waals surface area contributed by atoms with Gasteiger partial charge in [0.1, 0.15) is 5.56 Å². The molecule has 0 fully saturated rings. The second kappa shape index (κ2) is 4.92. The first kappa shape index (κ1) is 14.0. The van der Waals surface area contributed by atoms with E-state index in [1.807, 2.05) is 19.9 Å². The maximum atomic E-state index is 12.5. The molecule has 0 atom stereocenters. The number of hydrogen-bond donors (Lipinski definition) is 0. The van der Waals surface area contributed by atoms with Gasteiger partial charge in [-0.1, -0.05) is 17.2 Å². The molecule has 20 heavy (non-hydrogen) atoms. The maximum absolute atomic E-state index is 12.5. The number of carbonyl (C=O) groups excluding carboxylic acids is 1. The first-order valence-electron chi connectivity index (χ1n) is 6.21. The van der Waals surface area contributed by atoms with Gasteiger partial charge < -0.3 is 4.57 Å². The van der Waals surface area contributed by atoms with Crippen molar-refractivity contribution in [1.29, 1.82) is 0 Å². The van der Waals surface area contributed by atoms with Crippen LogP contribution < -0.4 is 11.2 Å². The summed E-state index contributed by atoms with van der Waals surface area (Å²) in [6, 6.07) is 5.43. The second-order valence-corrected chi connectivity index (χ2v) is 5.01. The minimum Gasteiger partial charge on any atom is -0.303 e. The summed E-state index contributed by atoms with van der Waals surface area (Å²) in [6.07, 6.45) is 1.30. The van der Waals surface area contributed by atoms with Crippen LogP contribution in [0.4, 0.5) is 0 Å². The van der Waals surface area contributed by atoms with Crippen LogP contribution in [-0.4, -0.2) is 14.9 Å². The summed E-state index contributed by atoms with van der Waals surface area (Å²) in [4.78, 5) is 36.1. The number of ketones is 1. The monoisotopic (exact) mass is 272 g/mol. The molecule has 0 aliphatic rings. The van der Waals surface area contributed by atoms with Gasteiger partial charge in [-0.15, -0.1) is 0 Å². The van der Waals surface area contributed by atoms with E-state index in [4.69, 9.17) is 0 Å². The van der Waals surface area contributed by atoms with Gasteiger partial charge >= 0.3 is 5.69 Å². The standard InChI is InChI=1S/C15H16N2O3/c1-9-5-10(2)7-11(6-9)13(18)12-8-16(3)15(20)17(4)14(12)19/h5-8H,1-4H3. The van der Waals surface area contributed by atoms with Crippen LogP contribution in [0.3, 0.4) is 0 Å². The predicted octanol–water partition coefficient (Wildman–Crippen LogP) is 0.932. The van der Waals surface area contributed by atoms with Crippen molar-refractivity contribution in [2.75, 3.05) is 0 Å². The van der Waals surface area contributed by atoms with E-state index >= 15 is 0 Å². The molecule has 0 aliphatic heterocycles. The Balaban J connectivity index is 2.66. The molecular formula is C15H16N2O3. The Labute approximate surface area is 116 Å². The topological polar surface area (TPSA) is 61.1 Å². The average Bonchev–Trinajstić information content (AvgIpc) is 2.38. The summed E-state index contributed by atoms with van der Waals surface area (Å²) >= 11 is 0. The Hall–Kier alpha value is -2.43. The lowest BCUT2D eigenvalue weighted by atomic mass is 10.0. The number of carbonyl (C=O) groups is 1.